The molecular weight excluding hydrogens is 193 g/mol. The molecule has 0 aromatic heterocycles. The number of halogens is 2. The summed E-state index contributed by atoms with van der Waals surface area (Å²) in [7, 11) is 0. The van der Waals surface area contributed by atoms with Gasteiger partial charge in [-0.25, -0.2) is 4.39 Å². The van der Waals surface area contributed by atoms with E-state index in [4.69, 9.17) is 10.8 Å². The second-order valence-electron chi connectivity index (χ2n) is 3.09. The Balaban J connectivity index is 0.00000144. The van der Waals surface area contributed by atoms with Crippen LogP contribution in [0, 0.1) is 5.82 Å². The molecule has 1 rings (SSSR count). The largest absolute Gasteiger partial charge is 0.394 e. The summed E-state index contributed by atoms with van der Waals surface area (Å²) in [4.78, 5) is 0. The highest BCUT2D eigenvalue weighted by atomic mass is 35.5. The van der Waals surface area contributed by atoms with Crippen molar-refractivity contribution >= 4 is 12.4 Å². The summed E-state index contributed by atoms with van der Waals surface area (Å²) in [6.45, 7) is 1.46. The quantitative estimate of drug-likeness (QED) is 0.767. The van der Waals surface area contributed by atoms with Gasteiger partial charge in [0.15, 0.2) is 0 Å². The molecule has 74 valence electrons. The smallest absolute Gasteiger partial charge is 0.123 e. The fourth-order valence-electron chi connectivity index (χ4n) is 0.935. The molecule has 0 radical (unpaired) electrons. The van der Waals surface area contributed by atoms with Crippen molar-refractivity contribution in [2.24, 2.45) is 5.73 Å². The van der Waals surface area contributed by atoms with E-state index in [2.05, 4.69) is 0 Å². The lowest BCUT2D eigenvalue weighted by molar-refractivity contribution is 0.210. The molecule has 3 N–H and O–H groups in total. The Hall–Kier alpha value is -0.640. The number of aliphatic hydroxyl groups excluding tert-OH is 1. The van der Waals surface area contributed by atoms with Crippen LogP contribution in [0.15, 0.2) is 24.3 Å². The van der Waals surface area contributed by atoms with E-state index in [1.54, 1.807) is 19.1 Å². The van der Waals surface area contributed by atoms with Crippen LogP contribution in [0.1, 0.15) is 12.5 Å². The molecule has 0 spiro atoms. The third-order valence-electron chi connectivity index (χ3n) is 1.81. The average molecular weight is 206 g/mol. The van der Waals surface area contributed by atoms with Gasteiger partial charge in [-0.15, -0.1) is 12.4 Å². The van der Waals surface area contributed by atoms with E-state index in [0.29, 0.717) is 5.56 Å². The molecule has 0 saturated carbocycles. The van der Waals surface area contributed by atoms with Crippen molar-refractivity contribution in [3.8, 4) is 0 Å². The van der Waals surface area contributed by atoms with Gasteiger partial charge in [-0.1, -0.05) is 12.1 Å². The summed E-state index contributed by atoms with van der Waals surface area (Å²) in [5.74, 6) is -0.336. The first kappa shape index (κ1) is 12.4. The zero-order valence-electron chi connectivity index (χ0n) is 7.33. The van der Waals surface area contributed by atoms with Crippen LogP contribution in [0.5, 0.6) is 0 Å². The Kier molecular flexibility index (Phi) is 4.33. The predicted octanol–water partition coefficient (Wildman–Crippen LogP) is 1.41. The molecule has 0 aliphatic heterocycles. The first-order chi connectivity index (χ1) is 5.56. The molecular formula is C9H13ClFNO. The minimum atomic E-state index is -0.859. The average Bonchev–Trinajstić information content (AvgIpc) is 2.05. The van der Waals surface area contributed by atoms with Crippen LogP contribution in [0.3, 0.4) is 0 Å². The zero-order valence-corrected chi connectivity index (χ0v) is 8.14. The van der Waals surface area contributed by atoms with Crippen LogP contribution in [0.25, 0.3) is 0 Å². The normalized spacial score (nSPS) is 14.5. The molecule has 0 aliphatic rings. The summed E-state index contributed by atoms with van der Waals surface area (Å²) < 4.78 is 12.7. The number of nitrogens with two attached hydrogens (primary N) is 1. The first-order valence-corrected chi connectivity index (χ1v) is 3.72. The maximum atomic E-state index is 12.7. The van der Waals surface area contributed by atoms with Gasteiger partial charge in [0, 0.05) is 0 Å². The van der Waals surface area contributed by atoms with Crippen molar-refractivity contribution in [2.45, 2.75) is 12.5 Å². The molecule has 1 aromatic rings. The van der Waals surface area contributed by atoms with E-state index < -0.39 is 5.54 Å². The lowest BCUT2D eigenvalue weighted by atomic mass is 9.94. The lowest BCUT2D eigenvalue weighted by Crippen LogP contribution is -2.36. The number of hydrogen-bond acceptors (Lipinski definition) is 2. The third kappa shape index (κ3) is 2.95. The van der Waals surface area contributed by atoms with E-state index in [1.807, 2.05) is 0 Å². The molecule has 0 amide bonds. The zero-order chi connectivity index (χ0) is 9.19. The van der Waals surface area contributed by atoms with Gasteiger partial charge in [0.2, 0.25) is 0 Å². The van der Waals surface area contributed by atoms with Crippen molar-refractivity contribution in [2.75, 3.05) is 6.61 Å². The minimum Gasteiger partial charge on any atom is -0.394 e. The molecule has 0 fully saturated rings. The third-order valence-corrected chi connectivity index (χ3v) is 1.81. The molecule has 1 aromatic carbocycles. The molecule has 0 aliphatic carbocycles. The Morgan fingerprint density at radius 3 is 2.62 bits per heavy atom. The molecule has 4 heteroatoms. The second-order valence-corrected chi connectivity index (χ2v) is 3.09. The van der Waals surface area contributed by atoms with Crippen molar-refractivity contribution in [1.82, 2.24) is 0 Å². The molecule has 0 bridgehead atoms. The van der Waals surface area contributed by atoms with Gasteiger partial charge in [-0.05, 0) is 24.6 Å². The van der Waals surface area contributed by atoms with Gasteiger partial charge in [0.05, 0.1) is 12.1 Å². The van der Waals surface area contributed by atoms with Gasteiger partial charge in [0.25, 0.3) is 0 Å². The first-order valence-electron chi connectivity index (χ1n) is 3.72. The van der Waals surface area contributed by atoms with Crippen molar-refractivity contribution in [3.63, 3.8) is 0 Å². The highest BCUT2D eigenvalue weighted by Gasteiger charge is 2.19. The Morgan fingerprint density at radius 1 is 1.54 bits per heavy atom. The van der Waals surface area contributed by atoms with Crippen LogP contribution in [0.4, 0.5) is 4.39 Å². The standard InChI is InChI=1S/C9H12FNO.ClH/c1-9(11,6-12)7-3-2-4-8(10)5-7;/h2-5,12H,6,11H2,1H3;1H. The number of rotatable bonds is 2. The summed E-state index contributed by atoms with van der Waals surface area (Å²) >= 11 is 0. The Bertz CT molecular complexity index is 278. The van der Waals surface area contributed by atoms with Gasteiger partial charge >= 0.3 is 0 Å². The number of benzene rings is 1. The van der Waals surface area contributed by atoms with Crippen LogP contribution < -0.4 is 5.73 Å². The van der Waals surface area contributed by atoms with E-state index in [-0.39, 0.29) is 24.8 Å². The van der Waals surface area contributed by atoms with Crippen molar-refractivity contribution in [1.29, 1.82) is 0 Å². The Morgan fingerprint density at radius 2 is 2.15 bits per heavy atom. The minimum absolute atomic E-state index is 0. The van der Waals surface area contributed by atoms with Crippen LogP contribution in [-0.2, 0) is 5.54 Å². The van der Waals surface area contributed by atoms with E-state index >= 15 is 0 Å². The Labute approximate surface area is 83.0 Å². The van der Waals surface area contributed by atoms with E-state index in [1.165, 1.54) is 12.1 Å². The summed E-state index contributed by atoms with van der Waals surface area (Å²) in [5.41, 5.74) is 5.43. The topological polar surface area (TPSA) is 46.2 Å². The summed E-state index contributed by atoms with van der Waals surface area (Å²) in [6, 6.07) is 5.94. The highest BCUT2D eigenvalue weighted by molar-refractivity contribution is 5.85. The maximum absolute atomic E-state index is 12.7. The SMILES string of the molecule is CC(N)(CO)c1cccc(F)c1.Cl. The monoisotopic (exact) mass is 205 g/mol. The van der Waals surface area contributed by atoms with Crippen molar-refractivity contribution < 1.29 is 9.50 Å². The van der Waals surface area contributed by atoms with Gasteiger partial charge in [0.1, 0.15) is 5.82 Å². The summed E-state index contributed by atoms with van der Waals surface area (Å²) in [6.07, 6.45) is 0. The van der Waals surface area contributed by atoms with Crippen LogP contribution in [0.2, 0.25) is 0 Å². The number of hydrogen-bond donors (Lipinski definition) is 2. The van der Waals surface area contributed by atoms with E-state index in [9.17, 15) is 4.39 Å². The van der Waals surface area contributed by atoms with Gasteiger partial charge in [-0.3, -0.25) is 0 Å². The highest BCUT2D eigenvalue weighted by Crippen LogP contribution is 2.17. The molecule has 2 nitrogen and oxygen atoms in total. The summed E-state index contributed by atoms with van der Waals surface area (Å²) in [5, 5.41) is 8.89. The molecule has 0 saturated heterocycles. The van der Waals surface area contributed by atoms with Gasteiger partial charge in [-0.2, -0.15) is 0 Å². The van der Waals surface area contributed by atoms with Crippen LogP contribution >= 0.6 is 12.4 Å². The van der Waals surface area contributed by atoms with E-state index in [0.717, 1.165) is 0 Å². The van der Waals surface area contributed by atoms with Crippen molar-refractivity contribution in [3.05, 3.63) is 35.6 Å². The second kappa shape index (κ2) is 4.56. The molecule has 1 atom stereocenters. The van der Waals surface area contributed by atoms with Crippen LogP contribution in [-0.4, -0.2) is 11.7 Å². The fraction of sp³-hybridized carbons (Fsp3) is 0.333. The predicted molar refractivity (Wildman–Crippen MR) is 52.3 cm³/mol. The number of aliphatic hydroxyl groups is 1. The lowest BCUT2D eigenvalue weighted by Gasteiger charge is -2.21. The van der Waals surface area contributed by atoms with Gasteiger partial charge < -0.3 is 10.8 Å². The fourth-order valence-corrected chi connectivity index (χ4v) is 0.935. The maximum Gasteiger partial charge on any atom is 0.123 e. The molecule has 13 heavy (non-hydrogen) atoms. The molecule has 0 heterocycles. The molecule has 1 unspecified atom stereocenters.